The van der Waals surface area contributed by atoms with E-state index in [0.717, 1.165) is 11.1 Å². The maximum atomic E-state index is 9.24. The summed E-state index contributed by atoms with van der Waals surface area (Å²) in [7, 11) is 0. The fraction of sp³-hybridized carbons (Fsp3) is 0.300. The second kappa shape index (κ2) is 3.78. The topological polar surface area (TPSA) is 72.0 Å². The summed E-state index contributed by atoms with van der Waals surface area (Å²) in [5.74, 6) is 0.671. The van der Waals surface area contributed by atoms with E-state index in [4.69, 9.17) is 4.52 Å². The fourth-order valence-corrected chi connectivity index (χ4v) is 1.21. The molecule has 1 N–H and O–H groups in total. The number of aliphatic hydroxyl groups excluding tert-OH is 1. The summed E-state index contributed by atoms with van der Waals surface area (Å²) < 4.78 is 4.90. The molecule has 2 aromatic heterocycles. The maximum Gasteiger partial charge on any atom is 0.255 e. The van der Waals surface area contributed by atoms with Crippen molar-refractivity contribution in [3.63, 3.8) is 0 Å². The molecule has 0 aliphatic rings. The van der Waals surface area contributed by atoms with Gasteiger partial charge in [-0.15, -0.1) is 0 Å². The monoisotopic (exact) mass is 205 g/mol. The summed E-state index contributed by atoms with van der Waals surface area (Å²) >= 11 is 0. The summed E-state index contributed by atoms with van der Waals surface area (Å²) in [6.07, 6.45) is 2.63. The third-order valence-corrected chi connectivity index (χ3v) is 2.08. The van der Waals surface area contributed by atoms with Gasteiger partial charge in [0.2, 0.25) is 5.82 Å². The molecule has 2 heterocycles. The lowest BCUT2D eigenvalue weighted by atomic mass is 10.1. The molecule has 2 aromatic rings. The van der Waals surface area contributed by atoms with Crippen LogP contribution < -0.4 is 0 Å². The Morgan fingerprint density at radius 2 is 2.27 bits per heavy atom. The van der Waals surface area contributed by atoms with Crippen molar-refractivity contribution in [2.75, 3.05) is 0 Å². The second-order valence-corrected chi connectivity index (χ2v) is 3.32. The Morgan fingerprint density at radius 1 is 1.47 bits per heavy atom. The minimum atomic E-state index is -0.747. The van der Waals surface area contributed by atoms with Gasteiger partial charge < -0.3 is 9.63 Å². The van der Waals surface area contributed by atoms with Crippen molar-refractivity contribution in [3.8, 4) is 11.4 Å². The van der Waals surface area contributed by atoms with Crippen molar-refractivity contribution in [1.82, 2.24) is 15.1 Å². The molecule has 0 amide bonds. The highest BCUT2D eigenvalue weighted by Gasteiger charge is 2.13. The van der Waals surface area contributed by atoms with Gasteiger partial charge in [0.1, 0.15) is 6.10 Å². The number of aromatic nitrogens is 3. The molecule has 78 valence electrons. The Morgan fingerprint density at radius 3 is 2.87 bits per heavy atom. The van der Waals surface area contributed by atoms with E-state index < -0.39 is 6.10 Å². The molecule has 5 heteroatoms. The van der Waals surface area contributed by atoms with Crippen LogP contribution in [0.5, 0.6) is 0 Å². The lowest BCUT2D eigenvalue weighted by Crippen LogP contribution is -1.91. The van der Waals surface area contributed by atoms with Crippen molar-refractivity contribution < 1.29 is 9.63 Å². The quantitative estimate of drug-likeness (QED) is 0.804. The van der Waals surface area contributed by atoms with Crippen LogP contribution in [0.3, 0.4) is 0 Å². The molecule has 0 fully saturated rings. The normalized spacial score (nSPS) is 12.7. The van der Waals surface area contributed by atoms with Crippen molar-refractivity contribution in [3.05, 3.63) is 29.9 Å². The SMILES string of the molecule is Cc1ccncc1-c1noc([C@H](C)O)n1. The third kappa shape index (κ3) is 1.87. The number of rotatable bonds is 2. The Kier molecular flexibility index (Phi) is 2.47. The van der Waals surface area contributed by atoms with Gasteiger partial charge in [0.15, 0.2) is 0 Å². The molecule has 0 saturated heterocycles. The number of nitrogens with zero attached hydrogens (tertiary/aromatic N) is 3. The molecular formula is C10H11N3O2. The van der Waals surface area contributed by atoms with Crippen LogP contribution in [0.25, 0.3) is 11.4 Å². The van der Waals surface area contributed by atoms with Gasteiger partial charge in [-0.3, -0.25) is 4.98 Å². The minimum absolute atomic E-state index is 0.216. The van der Waals surface area contributed by atoms with Gasteiger partial charge in [-0.25, -0.2) is 0 Å². The third-order valence-electron chi connectivity index (χ3n) is 2.08. The van der Waals surface area contributed by atoms with Crippen molar-refractivity contribution >= 4 is 0 Å². The molecule has 0 aliphatic heterocycles. The number of aryl methyl sites for hydroxylation is 1. The maximum absolute atomic E-state index is 9.24. The highest BCUT2D eigenvalue weighted by molar-refractivity contribution is 5.57. The zero-order chi connectivity index (χ0) is 10.8. The standard InChI is InChI=1S/C10H11N3O2/c1-6-3-4-11-5-8(6)9-12-10(7(2)14)15-13-9/h3-5,7,14H,1-2H3/t7-/m0/s1. The molecule has 1 atom stereocenters. The molecular weight excluding hydrogens is 194 g/mol. The lowest BCUT2D eigenvalue weighted by Gasteiger charge is -1.97. The second-order valence-electron chi connectivity index (χ2n) is 3.32. The molecule has 2 rings (SSSR count). The van der Waals surface area contributed by atoms with Crippen molar-refractivity contribution in [2.45, 2.75) is 20.0 Å². The van der Waals surface area contributed by atoms with E-state index in [1.165, 1.54) is 0 Å². The van der Waals surface area contributed by atoms with E-state index in [9.17, 15) is 5.11 Å². The van der Waals surface area contributed by atoms with Gasteiger partial charge in [0, 0.05) is 18.0 Å². The minimum Gasteiger partial charge on any atom is -0.384 e. The molecule has 0 radical (unpaired) electrons. The first-order valence-corrected chi connectivity index (χ1v) is 4.61. The summed E-state index contributed by atoms with van der Waals surface area (Å²) in [6.45, 7) is 3.52. The van der Waals surface area contributed by atoms with E-state index in [1.807, 2.05) is 13.0 Å². The van der Waals surface area contributed by atoms with E-state index in [-0.39, 0.29) is 5.89 Å². The zero-order valence-electron chi connectivity index (χ0n) is 8.51. The van der Waals surface area contributed by atoms with Crippen LogP contribution in [0, 0.1) is 6.92 Å². The lowest BCUT2D eigenvalue weighted by molar-refractivity contribution is 0.152. The van der Waals surface area contributed by atoms with Crippen LogP contribution in [-0.2, 0) is 0 Å². The molecule has 0 spiro atoms. The molecule has 0 aromatic carbocycles. The van der Waals surface area contributed by atoms with Gasteiger partial charge in [-0.05, 0) is 25.5 Å². The summed E-state index contributed by atoms with van der Waals surface area (Å²) in [4.78, 5) is 8.06. The molecule has 5 nitrogen and oxygen atoms in total. The van der Waals surface area contributed by atoms with Crippen molar-refractivity contribution in [1.29, 1.82) is 0 Å². The van der Waals surface area contributed by atoms with Gasteiger partial charge in [0.05, 0.1) is 0 Å². The Bertz CT molecular complexity index is 465. The number of aliphatic hydroxyl groups is 1. The van der Waals surface area contributed by atoms with Crippen LogP contribution in [0.15, 0.2) is 23.0 Å². The van der Waals surface area contributed by atoms with Gasteiger partial charge in [-0.2, -0.15) is 4.98 Å². The van der Waals surface area contributed by atoms with Crippen LogP contribution in [0.1, 0.15) is 24.5 Å². The van der Waals surface area contributed by atoms with Gasteiger partial charge in [-0.1, -0.05) is 5.16 Å². The molecule has 15 heavy (non-hydrogen) atoms. The zero-order valence-corrected chi connectivity index (χ0v) is 8.51. The fourth-order valence-electron chi connectivity index (χ4n) is 1.21. The summed E-state index contributed by atoms with van der Waals surface area (Å²) in [5.41, 5.74) is 1.83. The van der Waals surface area contributed by atoms with Crippen LogP contribution in [0.2, 0.25) is 0 Å². The predicted molar refractivity (Wildman–Crippen MR) is 52.9 cm³/mol. The van der Waals surface area contributed by atoms with Crippen molar-refractivity contribution in [2.24, 2.45) is 0 Å². The first-order valence-electron chi connectivity index (χ1n) is 4.61. The number of hydrogen-bond donors (Lipinski definition) is 1. The largest absolute Gasteiger partial charge is 0.384 e. The van der Waals surface area contributed by atoms with E-state index in [1.54, 1.807) is 19.3 Å². The Hall–Kier alpha value is -1.75. The van der Waals surface area contributed by atoms with E-state index in [0.29, 0.717) is 5.82 Å². The average molecular weight is 205 g/mol. The summed E-state index contributed by atoms with van der Waals surface area (Å²) in [6, 6.07) is 1.87. The smallest absolute Gasteiger partial charge is 0.255 e. The molecule has 0 unspecified atom stereocenters. The highest BCUT2D eigenvalue weighted by atomic mass is 16.5. The van der Waals surface area contributed by atoms with Gasteiger partial charge in [0.25, 0.3) is 5.89 Å². The van der Waals surface area contributed by atoms with E-state index in [2.05, 4.69) is 15.1 Å². The first kappa shape index (κ1) is 9.79. The van der Waals surface area contributed by atoms with Crippen LogP contribution >= 0.6 is 0 Å². The van der Waals surface area contributed by atoms with Crippen LogP contribution in [-0.4, -0.2) is 20.2 Å². The number of hydrogen-bond acceptors (Lipinski definition) is 5. The molecule has 0 aliphatic carbocycles. The van der Waals surface area contributed by atoms with E-state index >= 15 is 0 Å². The first-order chi connectivity index (χ1) is 7.18. The number of pyridine rings is 1. The highest BCUT2D eigenvalue weighted by Crippen LogP contribution is 2.20. The Labute approximate surface area is 86.8 Å². The van der Waals surface area contributed by atoms with Crippen LogP contribution in [0.4, 0.5) is 0 Å². The Balaban J connectivity index is 2.42. The van der Waals surface area contributed by atoms with Gasteiger partial charge >= 0.3 is 0 Å². The average Bonchev–Trinajstić information content (AvgIpc) is 2.67. The summed E-state index contributed by atoms with van der Waals surface area (Å²) in [5, 5.41) is 13.0. The molecule has 0 saturated carbocycles. The predicted octanol–water partition coefficient (Wildman–Crippen LogP) is 1.49. The molecule has 0 bridgehead atoms.